The van der Waals surface area contributed by atoms with Crippen molar-refractivity contribution in [2.75, 3.05) is 14.2 Å². The molecule has 0 saturated carbocycles. The molecule has 6 nitrogen and oxygen atoms in total. The molecule has 2 aromatic carbocycles. The van der Waals surface area contributed by atoms with Gasteiger partial charge in [-0.25, -0.2) is 4.79 Å². The van der Waals surface area contributed by atoms with Crippen molar-refractivity contribution >= 4 is 22.7 Å². The fourth-order valence-corrected chi connectivity index (χ4v) is 3.03. The summed E-state index contributed by atoms with van der Waals surface area (Å²) in [5, 5.41) is 1.31. The van der Waals surface area contributed by atoms with E-state index in [2.05, 4.69) is 0 Å². The third-order valence-electron chi connectivity index (χ3n) is 3.92. The fraction of sp³-hybridized carbons (Fsp3) is 0.333. The zero-order valence-corrected chi connectivity index (χ0v) is 14.0. The number of fused-ring (bicyclic) bond motifs is 2. The van der Waals surface area contributed by atoms with Gasteiger partial charge >= 0.3 is 11.9 Å². The Labute approximate surface area is 139 Å². The Hall–Kier alpha value is -2.76. The molecule has 0 amide bonds. The van der Waals surface area contributed by atoms with Crippen LogP contribution >= 0.6 is 0 Å². The highest BCUT2D eigenvalue weighted by molar-refractivity contribution is 6.06. The minimum absolute atomic E-state index is 0.203. The Bertz CT molecular complexity index is 839. The molecule has 1 heterocycles. The van der Waals surface area contributed by atoms with E-state index in [1.807, 2.05) is 19.1 Å². The lowest BCUT2D eigenvalue weighted by atomic mass is 9.93. The normalized spacial score (nSPS) is 16.3. The van der Waals surface area contributed by atoms with Gasteiger partial charge in [0.1, 0.15) is 28.9 Å². The van der Waals surface area contributed by atoms with Gasteiger partial charge in [-0.3, -0.25) is 4.79 Å². The van der Waals surface area contributed by atoms with Gasteiger partial charge < -0.3 is 18.9 Å². The van der Waals surface area contributed by atoms with Crippen LogP contribution in [0.25, 0.3) is 10.8 Å². The number of cyclic esters (lactones) is 1. The average Bonchev–Trinajstić information content (AvgIpc) is 2.51. The monoisotopic (exact) mass is 330 g/mol. The summed E-state index contributed by atoms with van der Waals surface area (Å²) in [5.74, 6) is 0.265. The second kappa shape index (κ2) is 6.03. The number of hydrogen-bond acceptors (Lipinski definition) is 6. The zero-order valence-electron chi connectivity index (χ0n) is 14.0. The van der Waals surface area contributed by atoms with E-state index in [4.69, 9.17) is 18.9 Å². The summed E-state index contributed by atoms with van der Waals surface area (Å²) in [5.41, 5.74) is 1.21. The molecule has 2 aromatic rings. The Kier molecular flexibility index (Phi) is 4.05. The molecule has 1 aliphatic rings. The van der Waals surface area contributed by atoms with Gasteiger partial charge in [-0.1, -0.05) is 0 Å². The number of esters is 2. The van der Waals surface area contributed by atoms with E-state index in [0.717, 1.165) is 10.9 Å². The second-order valence-electron chi connectivity index (χ2n) is 5.68. The van der Waals surface area contributed by atoms with Gasteiger partial charge in [0.25, 0.3) is 0 Å². The third-order valence-corrected chi connectivity index (χ3v) is 3.92. The van der Waals surface area contributed by atoms with Crippen molar-refractivity contribution in [1.82, 2.24) is 0 Å². The molecule has 0 aromatic heterocycles. The standard InChI is InChI=1S/C18H18O6/c1-9-5-11-6-12-7-13(21-3)8-14(24-10(2)19)15(12)17(22-4)16(11)18(20)23-9/h6-9H,5H2,1-4H3/t9-/m1/s1. The van der Waals surface area contributed by atoms with Crippen LogP contribution in [0.3, 0.4) is 0 Å². The molecular weight excluding hydrogens is 312 g/mol. The SMILES string of the molecule is COc1cc(OC(C)=O)c2c(OC)c3c(cc2c1)C[C@@H](C)OC3=O. The van der Waals surface area contributed by atoms with Crippen LogP contribution in [0.1, 0.15) is 29.8 Å². The summed E-state index contributed by atoms with van der Waals surface area (Å²) in [6.45, 7) is 3.15. The number of hydrogen-bond donors (Lipinski definition) is 0. The van der Waals surface area contributed by atoms with Gasteiger partial charge in [-0.05, 0) is 30.0 Å². The molecule has 3 rings (SSSR count). The first kappa shape index (κ1) is 16.1. The van der Waals surface area contributed by atoms with Crippen molar-refractivity contribution in [2.24, 2.45) is 0 Å². The van der Waals surface area contributed by atoms with Crippen LogP contribution in [-0.4, -0.2) is 32.3 Å². The lowest BCUT2D eigenvalue weighted by Gasteiger charge is -2.25. The van der Waals surface area contributed by atoms with Crippen LogP contribution in [0.2, 0.25) is 0 Å². The molecule has 0 bridgehead atoms. The van der Waals surface area contributed by atoms with Gasteiger partial charge in [0.2, 0.25) is 0 Å². The molecule has 1 aliphatic heterocycles. The Morgan fingerprint density at radius 2 is 1.96 bits per heavy atom. The van der Waals surface area contributed by atoms with Crippen LogP contribution in [0, 0.1) is 0 Å². The molecule has 0 radical (unpaired) electrons. The molecule has 0 fully saturated rings. The lowest BCUT2D eigenvalue weighted by Crippen LogP contribution is -2.25. The quantitative estimate of drug-likeness (QED) is 0.636. The topological polar surface area (TPSA) is 71.1 Å². The van der Waals surface area contributed by atoms with E-state index in [1.54, 1.807) is 6.07 Å². The second-order valence-corrected chi connectivity index (χ2v) is 5.68. The molecule has 126 valence electrons. The summed E-state index contributed by atoms with van der Waals surface area (Å²) in [6, 6.07) is 5.30. The van der Waals surface area contributed by atoms with Gasteiger partial charge in [0.15, 0.2) is 0 Å². The number of methoxy groups -OCH3 is 2. The first-order valence-corrected chi connectivity index (χ1v) is 7.55. The van der Waals surface area contributed by atoms with Crippen molar-refractivity contribution in [1.29, 1.82) is 0 Å². The van der Waals surface area contributed by atoms with Crippen molar-refractivity contribution in [2.45, 2.75) is 26.4 Å². The summed E-state index contributed by atoms with van der Waals surface area (Å²) >= 11 is 0. The summed E-state index contributed by atoms with van der Waals surface area (Å²) in [7, 11) is 3.01. The maximum absolute atomic E-state index is 12.3. The Balaban J connectivity index is 2.37. The molecule has 0 N–H and O–H groups in total. The highest BCUT2D eigenvalue weighted by Crippen LogP contribution is 2.43. The zero-order chi connectivity index (χ0) is 17.4. The average molecular weight is 330 g/mol. The lowest BCUT2D eigenvalue weighted by molar-refractivity contribution is -0.131. The molecule has 24 heavy (non-hydrogen) atoms. The van der Waals surface area contributed by atoms with E-state index in [0.29, 0.717) is 28.9 Å². The predicted octanol–water partition coefficient (Wildman–Crippen LogP) is 2.88. The summed E-state index contributed by atoms with van der Waals surface area (Å²) in [4.78, 5) is 23.8. The molecule has 0 spiro atoms. The van der Waals surface area contributed by atoms with Crippen LogP contribution in [0.4, 0.5) is 0 Å². The van der Waals surface area contributed by atoms with E-state index in [1.165, 1.54) is 21.1 Å². The van der Waals surface area contributed by atoms with Gasteiger partial charge in [-0.2, -0.15) is 0 Å². The molecule has 1 atom stereocenters. The minimum Gasteiger partial charge on any atom is -0.497 e. The maximum atomic E-state index is 12.3. The molecule has 0 aliphatic carbocycles. The summed E-state index contributed by atoms with van der Waals surface area (Å²) < 4.78 is 21.4. The molecule has 6 heteroatoms. The highest BCUT2D eigenvalue weighted by Gasteiger charge is 2.30. The van der Waals surface area contributed by atoms with Crippen LogP contribution in [0.15, 0.2) is 18.2 Å². The Morgan fingerprint density at radius 1 is 1.21 bits per heavy atom. The van der Waals surface area contributed by atoms with Crippen molar-refractivity contribution in [3.8, 4) is 17.2 Å². The smallest absolute Gasteiger partial charge is 0.342 e. The number of carbonyl (C=O) groups excluding carboxylic acids is 2. The predicted molar refractivity (Wildman–Crippen MR) is 86.9 cm³/mol. The van der Waals surface area contributed by atoms with Crippen molar-refractivity contribution < 1.29 is 28.5 Å². The number of carbonyl (C=O) groups is 2. The van der Waals surface area contributed by atoms with Crippen LogP contribution < -0.4 is 14.2 Å². The highest BCUT2D eigenvalue weighted by atomic mass is 16.5. The minimum atomic E-state index is -0.472. The largest absolute Gasteiger partial charge is 0.497 e. The van der Waals surface area contributed by atoms with Crippen molar-refractivity contribution in [3.05, 3.63) is 29.3 Å². The van der Waals surface area contributed by atoms with Crippen LogP contribution in [-0.2, 0) is 16.0 Å². The molecule has 0 unspecified atom stereocenters. The summed E-state index contributed by atoms with van der Waals surface area (Å²) in [6.07, 6.45) is 0.388. The maximum Gasteiger partial charge on any atom is 0.342 e. The van der Waals surface area contributed by atoms with E-state index < -0.39 is 11.9 Å². The fourth-order valence-electron chi connectivity index (χ4n) is 3.03. The third kappa shape index (κ3) is 2.64. The van der Waals surface area contributed by atoms with Crippen molar-refractivity contribution in [3.63, 3.8) is 0 Å². The number of rotatable bonds is 3. The number of ether oxygens (including phenoxy) is 4. The van der Waals surface area contributed by atoms with E-state index in [9.17, 15) is 9.59 Å². The molecule has 0 saturated heterocycles. The first-order chi connectivity index (χ1) is 11.4. The van der Waals surface area contributed by atoms with Gasteiger partial charge in [0, 0.05) is 19.4 Å². The first-order valence-electron chi connectivity index (χ1n) is 7.55. The molecular formula is C18H18O6. The van der Waals surface area contributed by atoms with Crippen LogP contribution in [0.5, 0.6) is 17.2 Å². The number of benzene rings is 2. The Morgan fingerprint density at radius 3 is 2.58 bits per heavy atom. The van der Waals surface area contributed by atoms with Gasteiger partial charge in [0.05, 0.1) is 19.6 Å². The van der Waals surface area contributed by atoms with Gasteiger partial charge in [-0.15, -0.1) is 0 Å². The van der Waals surface area contributed by atoms with E-state index in [-0.39, 0.29) is 11.9 Å². The van der Waals surface area contributed by atoms with E-state index >= 15 is 0 Å².